The van der Waals surface area contributed by atoms with E-state index >= 15 is 0 Å². The summed E-state index contributed by atoms with van der Waals surface area (Å²) in [6.07, 6.45) is 0. The number of nitrogens with zero attached hydrogens (tertiary/aromatic N) is 2. The third-order valence-corrected chi connectivity index (χ3v) is 4.64. The number of methoxy groups -OCH3 is 1. The first-order valence-electron chi connectivity index (χ1n) is 6.94. The van der Waals surface area contributed by atoms with Gasteiger partial charge in [0.15, 0.2) is 0 Å². The number of hydrogen-bond acceptors (Lipinski definition) is 3. The molecule has 0 saturated heterocycles. The lowest BCUT2D eigenvalue weighted by atomic mass is 9.97. The zero-order valence-corrected chi connectivity index (χ0v) is 14.2. The highest BCUT2D eigenvalue weighted by Crippen LogP contribution is 2.39. The molecule has 0 radical (unpaired) electrons. The van der Waals surface area contributed by atoms with Gasteiger partial charge in [0, 0.05) is 23.4 Å². The van der Waals surface area contributed by atoms with Gasteiger partial charge in [0.05, 0.1) is 11.6 Å². The van der Waals surface area contributed by atoms with Crippen LogP contribution in [0.25, 0.3) is 21.9 Å². The van der Waals surface area contributed by atoms with Gasteiger partial charge in [-0.2, -0.15) is 5.26 Å². The number of halogens is 1. The molecule has 1 heterocycles. The predicted octanol–water partition coefficient (Wildman–Crippen LogP) is 3.85. The molecular weight excluding hydrogens is 356 g/mol. The monoisotopic (exact) mass is 368 g/mol. The number of fused-ring (bicyclic) bond motifs is 1. The van der Waals surface area contributed by atoms with Crippen molar-refractivity contribution in [1.82, 2.24) is 4.57 Å². The van der Waals surface area contributed by atoms with Gasteiger partial charge in [0.2, 0.25) is 0 Å². The number of pyridine rings is 1. The van der Waals surface area contributed by atoms with E-state index in [0.717, 1.165) is 11.1 Å². The molecule has 0 atom stereocenters. The summed E-state index contributed by atoms with van der Waals surface area (Å²) in [7, 11) is 3.19. The minimum absolute atomic E-state index is 0.209. The van der Waals surface area contributed by atoms with Gasteiger partial charge in [-0.25, -0.2) is 0 Å². The number of aromatic nitrogens is 1. The van der Waals surface area contributed by atoms with Gasteiger partial charge in [-0.05, 0) is 33.6 Å². The van der Waals surface area contributed by atoms with Crippen molar-refractivity contribution < 1.29 is 4.74 Å². The molecule has 3 rings (SSSR count). The summed E-state index contributed by atoms with van der Waals surface area (Å²) >= 11 is 3.53. The number of rotatable bonds is 2. The highest BCUT2D eigenvalue weighted by Gasteiger charge is 2.20. The molecule has 0 saturated carbocycles. The second kappa shape index (κ2) is 5.90. The van der Waals surface area contributed by atoms with Crippen LogP contribution in [0.1, 0.15) is 5.69 Å². The van der Waals surface area contributed by atoms with Crippen molar-refractivity contribution in [2.24, 2.45) is 7.05 Å². The molecule has 0 amide bonds. The Balaban J connectivity index is 2.62. The van der Waals surface area contributed by atoms with Gasteiger partial charge in [-0.15, -0.1) is 0 Å². The SMILES string of the molecule is COc1ccc2c(=O)n(C)c(C#N)c(-c3ccccc3)c2c1Br. The fourth-order valence-electron chi connectivity index (χ4n) is 2.72. The van der Waals surface area contributed by atoms with Crippen molar-refractivity contribution in [1.29, 1.82) is 5.26 Å². The van der Waals surface area contributed by atoms with E-state index in [1.165, 1.54) is 4.57 Å². The summed E-state index contributed by atoms with van der Waals surface area (Å²) in [5.41, 5.74) is 1.71. The van der Waals surface area contributed by atoms with Gasteiger partial charge in [-0.3, -0.25) is 4.79 Å². The van der Waals surface area contributed by atoms with Gasteiger partial charge in [-0.1, -0.05) is 30.3 Å². The molecule has 0 unspecified atom stereocenters. The molecule has 2 aromatic carbocycles. The van der Waals surface area contributed by atoms with E-state index in [2.05, 4.69) is 22.0 Å². The Kier molecular flexibility index (Phi) is 3.93. The van der Waals surface area contributed by atoms with E-state index in [1.807, 2.05) is 30.3 Å². The molecule has 3 aromatic rings. The molecule has 4 nitrogen and oxygen atoms in total. The zero-order chi connectivity index (χ0) is 16.6. The van der Waals surface area contributed by atoms with Crippen LogP contribution >= 0.6 is 15.9 Å². The van der Waals surface area contributed by atoms with Crippen LogP contribution < -0.4 is 10.3 Å². The van der Waals surface area contributed by atoms with Crippen molar-refractivity contribution in [3.05, 3.63) is 63.0 Å². The molecular formula is C18H13BrN2O2. The van der Waals surface area contributed by atoms with E-state index in [4.69, 9.17) is 4.74 Å². The number of hydrogen-bond donors (Lipinski definition) is 0. The standard InChI is InChI=1S/C18H13BrN2O2/c1-21-13(10-20)15(11-6-4-3-5-7-11)16-12(18(21)22)8-9-14(23-2)17(16)19/h3-9H,1-2H3. The molecule has 0 fully saturated rings. The van der Waals surface area contributed by atoms with Gasteiger partial charge < -0.3 is 9.30 Å². The first kappa shape index (κ1) is 15.3. The van der Waals surface area contributed by atoms with Crippen LogP contribution in [0.5, 0.6) is 5.75 Å². The zero-order valence-electron chi connectivity index (χ0n) is 12.6. The quantitative estimate of drug-likeness (QED) is 0.690. The van der Waals surface area contributed by atoms with Crippen LogP contribution in [0.15, 0.2) is 51.7 Å². The minimum atomic E-state index is -0.209. The number of ether oxygens (including phenoxy) is 1. The summed E-state index contributed by atoms with van der Waals surface area (Å²) in [6.45, 7) is 0. The normalized spacial score (nSPS) is 10.5. The molecule has 114 valence electrons. The predicted molar refractivity (Wildman–Crippen MR) is 93.6 cm³/mol. The fourth-order valence-corrected chi connectivity index (χ4v) is 3.43. The molecule has 0 aliphatic carbocycles. The average Bonchev–Trinajstić information content (AvgIpc) is 2.59. The van der Waals surface area contributed by atoms with E-state index in [1.54, 1.807) is 26.3 Å². The lowest BCUT2D eigenvalue weighted by molar-refractivity contribution is 0.413. The molecule has 0 aliphatic rings. The van der Waals surface area contributed by atoms with Crippen molar-refractivity contribution in [3.8, 4) is 22.9 Å². The molecule has 0 aliphatic heterocycles. The Bertz CT molecular complexity index is 1000. The third-order valence-electron chi connectivity index (χ3n) is 3.85. The Morgan fingerprint density at radius 3 is 2.48 bits per heavy atom. The Morgan fingerprint density at radius 2 is 1.87 bits per heavy atom. The highest BCUT2D eigenvalue weighted by molar-refractivity contribution is 9.10. The van der Waals surface area contributed by atoms with Crippen LogP contribution in [-0.4, -0.2) is 11.7 Å². The topological polar surface area (TPSA) is 55.0 Å². The lowest BCUT2D eigenvalue weighted by Gasteiger charge is -2.15. The summed E-state index contributed by atoms with van der Waals surface area (Å²) in [5, 5.41) is 10.8. The first-order chi connectivity index (χ1) is 11.1. The molecule has 1 aromatic heterocycles. The van der Waals surface area contributed by atoms with Crippen molar-refractivity contribution in [3.63, 3.8) is 0 Å². The Labute approximate surface area is 141 Å². The maximum atomic E-state index is 12.6. The second-order valence-electron chi connectivity index (χ2n) is 5.07. The van der Waals surface area contributed by atoms with Gasteiger partial charge in [0.1, 0.15) is 17.5 Å². The summed E-state index contributed by atoms with van der Waals surface area (Å²) in [4.78, 5) is 12.6. The number of nitriles is 1. The van der Waals surface area contributed by atoms with Crippen molar-refractivity contribution >= 4 is 26.7 Å². The third kappa shape index (κ3) is 2.32. The van der Waals surface area contributed by atoms with Crippen LogP contribution in [-0.2, 0) is 7.05 Å². The van der Waals surface area contributed by atoms with Crippen LogP contribution in [0.3, 0.4) is 0 Å². The van der Waals surface area contributed by atoms with E-state index in [-0.39, 0.29) is 5.56 Å². The van der Waals surface area contributed by atoms with Gasteiger partial charge in [0.25, 0.3) is 5.56 Å². The molecule has 0 bridgehead atoms. The maximum Gasteiger partial charge on any atom is 0.259 e. The summed E-state index contributed by atoms with van der Waals surface area (Å²) < 4.78 is 7.41. The van der Waals surface area contributed by atoms with E-state index < -0.39 is 0 Å². The first-order valence-corrected chi connectivity index (χ1v) is 7.74. The van der Waals surface area contributed by atoms with Gasteiger partial charge >= 0.3 is 0 Å². The van der Waals surface area contributed by atoms with Crippen LogP contribution in [0, 0.1) is 11.3 Å². The minimum Gasteiger partial charge on any atom is -0.496 e. The molecule has 0 N–H and O–H groups in total. The van der Waals surface area contributed by atoms with Crippen LogP contribution in [0.2, 0.25) is 0 Å². The summed E-state index contributed by atoms with van der Waals surface area (Å²) in [6, 6.07) is 15.2. The maximum absolute atomic E-state index is 12.6. The average molecular weight is 369 g/mol. The van der Waals surface area contributed by atoms with E-state index in [0.29, 0.717) is 26.7 Å². The smallest absolute Gasteiger partial charge is 0.259 e. The Hall–Kier alpha value is -2.58. The highest BCUT2D eigenvalue weighted by atomic mass is 79.9. The van der Waals surface area contributed by atoms with Crippen molar-refractivity contribution in [2.75, 3.05) is 7.11 Å². The molecule has 5 heteroatoms. The van der Waals surface area contributed by atoms with E-state index in [9.17, 15) is 10.1 Å². The summed E-state index contributed by atoms with van der Waals surface area (Å²) in [5.74, 6) is 0.617. The van der Waals surface area contributed by atoms with Crippen LogP contribution in [0.4, 0.5) is 0 Å². The fraction of sp³-hybridized carbons (Fsp3) is 0.111. The lowest BCUT2D eigenvalue weighted by Crippen LogP contribution is -2.20. The number of benzene rings is 2. The second-order valence-corrected chi connectivity index (χ2v) is 5.86. The largest absolute Gasteiger partial charge is 0.496 e. The van der Waals surface area contributed by atoms with Crippen molar-refractivity contribution in [2.45, 2.75) is 0 Å². The molecule has 0 spiro atoms. The Morgan fingerprint density at radius 1 is 1.17 bits per heavy atom. The molecule has 23 heavy (non-hydrogen) atoms.